The Morgan fingerprint density at radius 1 is 1.65 bits per heavy atom. The molecule has 1 aromatic rings. The number of aliphatic hydroxyl groups is 1. The summed E-state index contributed by atoms with van der Waals surface area (Å²) in [6, 6.07) is 4.12. The number of nitrogens with one attached hydrogen (secondary N) is 1. The van der Waals surface area contributed by atoms with E-state index >= 15 is 0 Å². The van der Waals surface area contributed by atoms with Crippen LogP contribution in [0.1, 0.15) is 6.92 Å². The lowest BCUT2D eigenvalue weighted by molar-refractivity contribution is -0.384. The van der Waals surface area contributed by atoms with Crippen molar-refractivity contribution in [3.8, 4) is 0 Å². The molecule has 0 bridgehead atoms. The Kier molecular flexibility index (Phi) is 4.86. The number of nitro benzene ring substituents is 1. The molecule has 6 nitrogen and oxygen atoms in total. The maximum absolute atomic E-state index is 10.8. The molecule has 0 aromatic heterocycles. The van der Waals surface area contributed by atoms with Gasteiger partial charge in [0.2, 0.25) is 0 Å². The second kappa shape index (κ2) is 5.95. The van der Waals surface area contributed by atoms with Gasteiger partial charge in [0.15, 0.2) is 0 Å². The summed E-state index contributed by atoms with van der Waals surface area (Å²) >= 11 is 3.24. The van der Waals surface area contributed by atoms with Gasteiger partial charge in [0.05, 0.1) is 11.0 Å². The number of benzene rings is 1. The largest absolute Gasteiger partial charge is 0.392 e. The Hall–Kier alpha value is -1.18. The predicted molar refractivity (Wildman–Crippen MR) is 68.9 cm³/mol. The standard InChI is InChI=1S/C10H14BrN3O3/c1-6(15)8(12)5-13-9-4-7(11)2-3-10(9)14(16)17/h2-4,6,8,13,15H,5,12H2,1H3. The molecule has 0 saturated heterocycles. The van der Waals surface area contributed by atoms with Crippen LogP contribution in [-0.4, -0.2) is 28.7 Å². The van der Waals surface area contributed by atoms with Crippen LogP contribution in [0.2, 0.25) is 0 Å². The molecule has 0 amide bonds. The zero-order valence-electron chi connectivity index (χ0n) is 9.26. The van der Waals surface area contributed by atoms with Gasteiger partial charge in [-0.3, -0.25) is 10.1 Å². The molecular formula is C10H14BrN3O3. The van der Waals surface area contributed by atoms with Crippen molar-refractivity contribution in [2.75, 3.05) is 11.9 Å². The molecule has 17 heavy (non-hydrogen) atoms. The van der Waals surface area contributed by atoms with Crippen LogP contribution in [0.5, 0.6) is 0 Å². The Bertz CT molecular complexity index is 412. The molecule has 94 valence electrons. The lowest BCUT2D eigenvalue weighted by Crippen LogP contribution is -2.38. The first-order chi connectivity index (χ1) is 7.91. The van der Waals surface area contributed by atoms with Crippen molar-refractivity contribution < 1.29 is 10.0 Å². The normalized spacial score (nSPS) is 14.1. The molecule has 0 aliphatic rings. The van der Waals surface area contributed by atoms with Crippen LogP contribution in [0.4, 0.5) is 11.4 Å². The lowest BCUT2D eigenvalue weighted by Gasteiger charge is -2.16. The molecule has 2 atom stereocenters. The van der Waals surface area contributed by atoms with E-state index in [1.807, 2.05) is 0 Å². The van der Waals surface area contributed by atoms with Gasteiger partial charge in [-0.1, -0.05) is 15.9 Å². The second-order valence-corrected chi connectivity index (χ2v) is 4.62. The molecular weight excluding hydrogens is 290 g/mol. The fourth-order valence-electron chi connectivity index (χ4n) is 1.21. The summed E-state index contributed by atoms with van der Waals surface area (Å²) in [6.07, 6.45) is -0.672. The van der Waals surface area contributed by atoms with Crippen LogP contribution in [0, 0.1) is 10.1 Å². The highest BCUT2D eigenvalue weighted by molar-refractivity contribution is 9.10. The maximum atomic E-state index is 10.8. The van der Waals surface area contributed by atoms with E-state index in [1.54, 1.807) is 19.1 Å². The van der Waals surface area contributed by atoms with Crippen molar-refractivity contribution in [1.29, 1.82) is 0 Å². The zero-order valence-corrected chi connectivity index (χ0v) is 10.8. The fraction of sp³-hybridized carbons (Fsp3) is 0.400. The average molecular weight is 304 g/mol. The Morgan fingerprint density at radius 2 is 2.29 bits per heavy atom. The molecule has 0 radical (unpaired) electrons. The summed E-state index contributed by atoms with van der Waals surface area (Å²) < 4.78 is 0.733. The second-order valence-electron chi connectivity index (χ2n) is 3.70. The minimum Gasteiger partial charge on any atom is -0.392 e. The van der Waals surface area contributed by atoms with E-state index in [-0.39, 0.29) is 12.2 Å². The minimum absolute atomic E-state index is 0.0222. The van der Waals surface area contributed by atoms with Crippen molar-refractivity contribution >= 4 is 27.3 Å². The van der Waals surface area contributed by atoms with E-state index in [0.29, 0.717) is 5.69 Å². The number of nitrogens with two attached hydrogens (primary N) is 1. The minimum atomic E-state index is -0.672. The summed E-state index contributed by atoms with van der Waals surface area (Å²) in [5, 5.41) is 22.9. The lowest BCUT2D eigenvalue weighted by atomic mass is 10.2. The third-order valence-electron chi connectivity index (χ3n) is 2.30. The maximum Gasteiger partial charge on any atom is 0.292 e. The number of nitrogens with zero attached hydrogens (tertiary/aromatic N) is 1. The Labute approximate surface area is 107 Å². The monoisotopic (exact) mass is 303 g/mol. The van der Waals surface area contributed by atoms with Gasteiger partial charge in [0.1, 0.15) is 5.69 Å². The molecule has 0 fully saturated rings. The molecule has 0 saturated carbocycles. The summed E-state index contributed by atoms with van der Waals surface area (Å²) in [7, 11) is 0. The van der Waals surface area contributed by atoms with E-state index < -0.39 is 17.1 Å². The van der Waals surface area contributed by atoms with Crippen LogP contribution in [-0.2, 0) is 0 Å². The van der Waals surface area contributed by atoms with Gasteiger partial charge in [-0.05, 0) is 19.1 Å². The summed E-state index contributed by atoms with van der Waals surface area (Å²) in [5.41, 5.74) is 5.99. The molecule has 1 aromatic carbocycles. The average Bonchev–Trinajstić information content (AvgIpc) is 2.25. The van der Waals surface area contributed by atoms with Crippen molar-refractivity contribution in [3.63, 3.8) is 0 Å². The number of halogens is 1. The van der Waals surface area contributed by atoms with Gasteiger partial charge in [0.25, 0.3) is 5.69 Å². The number of hydrogen-bond acceptors (Lipinski definition) is 5. The summed E-state index contributed by atoms with van der Waals surface area (Å²) in [6.45, 7) is 1.83. The number of hydrogen-bond donors (Lipinski definition) is 3. The van der Waals surface area contributed by atoms with Gasteiger partial charge in [-0.25, -0.2) is 0 Å². The SMILES string of the molecule is CC(O)C(N)CNc1cc(Br)ccc1[N+](=O)[O-]. The third-order valence-corrected chi connectivity index (χ3v) is 2.80. The highest BCUT2D eigenvalue weighted by Gasteiger charge is 2.15. The van der Waals surface area contributed by atoms with E-state index in [1.165, 1.54) is 6.07 Å². The van der Waals surface area contributed by atoms with Gasteiger partial charge in [0, 0.05) is 23.1 Å². The predicted octanol–water partition coefficient (Wildman–Crippen LogP) is 1.48. The quantitative estimate of drug-likeness (QED) is 0.565. The smallest absolute Gasteiger partial charge is 0.292 e. The number of nitro groups is 1. The molecule has 2 unspecified atom stereocenters. The van der Waals surface area contributed by atoms with Gasteiger partial charge < -0.3 is 16.2 Å². The Morgan fingerprint density at radius 3 is 2.82 bits per heavy atom. The van der Waals surface area contributed by atoms with E-state index in [2.05, 4.69) is 21.2 Å². The van der Waals surface area contributed by atoms with Crippen LogP contribution in [0.15, 0.2) is 22.7 Å². The molecule has 1 rings (SSSR count). The van der Waals surface area contributed by atoms with Gasteiger partial charge >= 0.3 is 0 Å². The van der Waals surface area contributed by atoms with Crippen molar-refractivity contribution in [1.82, 2.24) is 0 Å². The summed E-state index contributed by atoms with van der Waals surface area (Å²) in [4.78, 5) is 10.3. The first-order valence-corrected chi connectivity index (χ1v) is 5.82. The molecule has 4 N–H and O–H groups in total. The van der Waals surface area contributed by atoms with Crippen molar-refractivity contribution in [2.45, 2.75) is 19.1 Å². The van der Waals surface area contributed by atoms with Crippen LogP contribution in [0.3, 0.4) is 0 Å². The first kappa shape index (κ1) is 13.9. The highest BCUT2D eigenvalue weighted by atomic mass is 79.9. The highest BCUT2D eigenvalue weighted by Crippen LogP contribution is 2.27. The third kappa shape index (κ3) is 3.95. The number of rotatable bonds is 5. The van der Waals surface area contributed by atoms with E-state index in [0.717, 1.165) is 4.47 Å². The van der Waals surface area contributed by atoms with E-state index in [9.17, 15) is 15.2 Å². The fourth-order valence-corrected chi connectivity index (χ4v) is 1.57. The number of anilines is 1. The first-order valence-electron chi connectivity index (χ1n) is 5.03. The van der Waals surface area contributed by atoms with Crippen LogP contribution >= 0.6 is 15.9 Å². The number of aliphatic hydroxyl groups excluding tert-OH is 1. The zero-order chi connectivity index (χ0) is 13.0. The molecule has 0 heterocycles. The summed E-state index contributed by atoms with van der Waals surface area (Å²) in [5.74, 6) is 0. The molecule has 0 aliphatic carbocycles. The van der Waals surface area contributed by atoms with Crippen molar-refractivity contribution in [2.24, 2.45) is 5.73 Å². The van der Waals surface area contributed by atoms with Crippen molar-refractivity contribution in [3.05, 3.63) is 32.8 Å². The molecule has 0 aliphatic heterocycles. The molecule has 0 spiro atoms. The van der Waals surface area contributed by atoms with Crippen LogP contribution < -0.4 is 11.1 Å². The van der Waals surface area contributed by atoms with E-state index in [4.69, 9.17) is 5.73 Å². The van der Waals surface area contributed by atoms with Gasteiger partial charge in [-0.2, -0.15) is 0 Å². The Balaban J connectivity index is 2.82. The van der Waals surface area contributed by atoms with Crippen LogP contribution in [0.25, 0.3) is 0 Å². The van der Waals surface area contributed by atoms with Gasteiger partial charge in [-0.15, -0.1) is 0 Å². The topological polar surface area (TPSA) is 101 Å². The molecule has 7 heteroatoms.